The Morgan fingerprint density at radius 3 is 3.05 bits per heavy atom. The largest absolute Gasteiger partial charge is 0.376 e. The molecular formula is C14H24ClN3O3. The minimum absolute atomic E-state index is 0. The first kappa shape index (κ1) is 17.9. The van der Waals surface area contributed by atoms with E-state index in [2.05, 4.69) is 17.2 Å². The highest BCUT2D eigenvalue weighted by Gasteiger charge is 2.29. The zero-order valence-electron chi connectivity index (χ0n) is 12.2. The molecule has 0 aromatic rings. The van der Waals surface area contributed by atoms with Gasteiger partial charge in [-0.2, -0.15) is 0 Å². The minimum atomic E-state index is -0.423. The number of amides is 2. The predicted octanol–water partition coefficient (Wildman–Crippen LogP) is 0.0799. The van der Waals surface area contributed by atoms with Gasteiger partial charge in [0.25, 0.3) is 0 Å². The molecule has 0 aromatic carbocycles. The Hall–Kier alpha value is -1.11. The van der Waals surface area contributed by atoms with Crippen molar-refractivity contribution in [3.05, 3.63) is 12.7 Å². The van der Waals surface area contributed by atoms with E-state index in [9.17, 15) is 9.59 Å². The Balaban J connectivity index is 0.00000220. The molecule has 0 aromatic heterocycles. The normalized spacial score (nSPS) is 25.3. The fraction of sp³-hybridized carbons (Fsp3) is 0.714. The SMILES string of the molecule is C=CCN1CCNC(CC(=O)NCC2CCCO2)C1=O.Cl. The molecule has 2 fully saturated rings. The molecular weight excluding hydrogens is 294 g/mol. The summed E-state index contributed by atoms with van der Waals surface area (Å²) in [5, 5.41) is 5.94. The zero-order chi connectivity index (χ0) is 14.4. The Bertz CT molecular complexity index is 372. The number of ether oxygens (including phenoxy) is 1. The van der Waals surface area contributed by atoms with Crippen molar-refractivity contribution in [1.82, 2.24) is 15.5 Å². The number of halogens is 1. The van der Waals surface area contributed by atoms with E-state index in [1.807, 2.05) is 0 Å². The predicted molar refractivity (Wildman–Crippen MR) is 82.4 cm³/mol. The van der Waals surface area contributed by atoms with Crippen LogP contribution in [0.4, 0.5) is 0 Å². The number of carbonyl (C=O) groups is 2. The lowest BCUT2D eigenvalue weighted by molar-refractivity contribution is -0.137. The molecule has 7 heteroatoms. The van der Waals surface area contributed by atoms with Gasteiger partial charge in [0.05, 0.1) is 18.6 Å². The Kier molecular flexibility index (Phi) is 7.71. The number of nitrogens with zero attached hydrogens (tertiary/aromatic N) is 1. The van der Waals surface area contributed by atoms with E-state index in [1.165, 1.54) is 0 Å². The van der Waals surface area contributed by atoms with Crippen LogP contribution in [-0.2, 0) is 14.3 Å². The second-order valence-corrected chi connectivity index (χ2v) is 5.22. The third kappa shape index (κ3) is 5.30. The molecule has 2 unspecified atom stereocenters. The Morgan fingerprint density at radius 2 is 2.38 bits per heavy atom. The molecule has 0 spiro atoms. The molecule has 0 bridgehead atoms. The summed E-state index contributed by atoms with van der Waals surface area (Å²) in [5.41, 5.74) is 0. The summed E-state index contributed by atoms with van der Waals surface area (Å²) in [4.78, 5) is 25.7. The van der Waals surface area contributed by atoms with E-state index in [0.29, 0.717) is 26.2 Å². The fourth-order valence-corrected chi connectivity index (χ4v) is 2.58. The lowest BCUT2D eigenvalue weighted by Crippen LogP contribution is -2.56. The summed E-state index contributed by atoms with van der Waals surface area (Å²) in [6.45, 7) is 6.87. The molecule has 2 atom stereocenters. The first-order chi connectivity index (χ1) is 9.70. The third-order valence-corrected chi connectivity index (χ3v) is 3.67. The van der Waals surface area contributed by atoms with E-state index in [-0.39, 0.29) is 36.7 Å². The number of hydrogen-bond acceptors (Lipinski definition) is 4. The Morgan fingerprint density at radius 1 is 1.57 bits per heavy atom. The maximum absolute atomic E-state index is 12.1. The second kappa shape index (κ2) is 9.02. The van der Waals surface area contributed by atoms with Crippen molar-refractivity contribution >= 4 is 24.2 Å². The molecule has 0 radical (unpaired) electrons. The van der Waals surface area contributed by atoms with Crippen molar-refractivity contribution < 1.29 is 14.3 Å². The number of rotatable bonds is 6. The van der Waals surface area contributed by atoms with E-state index in [4.69, 9.17) is 4.74 Å². The van der Waals surface area contributed by atoms with Gasteiger partial charge in [0.2, 0.25) is 11.8 Å². The van der Waals surface area contributed by atoms with Crippen molar-refractivity contribution in [1.29, 1.82) is 0 Å². The maximum atomic E-state index is 12.1. The van der Waals surface area contributed by atoms with Crippen molar-refractivity contribution in [2.45, 2.75) is 31.4 Å². The summed E-state index contributed by atoms with van der Waals surface area (Å²) in [7, 11) is 0. The van der Waals surface area contributed by atoms with Gasteiger partial charge in [-0.05, 0) is 12.8 Å². The standard InChI is InChI=1S/C14H23N3O3.ClH/c1-2-6-17-7-5-15-12(14(17)19)9-13(18)16-10-11-4-3-8-20-11;/h2,11-12,15H,1,3-10H2,(H,16,18);1H. The highest BCUT2D eigenvalue weighted by atomic mass is 35.5. The quantitative estimate of drug-likeness (QED) is 0.681. The molecule has 0 saturated carbocycles. The third-order valence-electron chi connectivity index (χ3n) is 3.67. The second-order valence-electron chi connectivity index (χ2n) is 5.22. The lowest BCUT2D eigenvalue weighted by atomic mass is 10.1. The summed E-state index contributed by atoms with van der Waals surface area (Å²) in [6, 6.07) is -0.423. The molecule has 2 amide bonds. The van der Waals surface area contributed by atoms with E-state index in [1.54, 1.807) is 11.0 Å². The monoisotopic (exact) mass is 317 g/mol. The molecule has 2 heterocycles. The van der Waals surface area contributed by atoms with Gasteiger partial charge >= 0.3 is 0 Å². The van der Waals surface area contributed by atoms with Crippen molar-refractivity contribution in [2.24, 2.45) is 0 Å². The van der Waals surface area contributed by atoms with Crippen LogP contribution in [0.5, 0.6) is 0 Å². The van der Waals surface area contributed by atoms with Gasteiger partial charge in [-0.15, -0.1) is 19.0 Å². The van der Waals surface area contributed by atoms with Gasteiger partial charge in [-0.3, -0.25) is 9.59 Å². The van der Waals surface area contributed by atoms with Gasteiger partial charge in [-0.1, -0.05) is 6.08 Å². The number of piperazine rings is 1. The molecule has 21 heavy (non-hydrogen) atoms. The summed E-state index contributed by atoms with van der Waals surface area (Å²) >= 11 is 0. The number of nitrogens with one attached hydrogen (secondary N) is 2. The maximum Gasteiger partial charge on any atom is 0.240 e. The van der Waals surface area contributed by atoms with E-state index >= 15 is 0 Å². The minimum Gasteiger partial charge on any atom is -0.376 e. The molecule has 2 aliphatic rings. The Labute approximate surface area is 131 Å². The van der Waals surface area contributed by atoms with Crippen LogP contribution < -0.4 is 10.6 Å². The molecule has 2 saturated heterocycles. The highest BCUT2D eigenvalue weighted by Crippen LogP contribution is 2.11. The van der Waals surface area contributed by atoms with Crippen LogP contribution in [-0.4, -0.2) is 61.6 Å². The molecule has 2 aliphatic heterocycles. The molecule has 2 N–H and O–H groups in total. The smallest absolute Gasteiger partial charge is 0.240 e. The van der Waals surface area contributed by atoms with Crippen LogP contribution in [0.1, 0.15) is 19.3 Å². The van der Waals surface area contributed by atoms with Crippen LogP contribution in [0.3, 0.4) is 0 Å². The van der Waals surface area contributed by atoms with Gasteiger partial charge < -0.3 is 20.3 Å². The van der Waals surface area contributed by atoms with E-state index < -0.39 is 6.04 Å². The van der Waals surface area contributed by atoms with Crippen molar-refractivity contribution in [2.75, 3.05) is 32.8 Å². The van der Waals surface area contributed by atoms with Crippen LogP contribution in [0, 0.1) is 0 Å². The molecule has 0 aliphatic carbocycles. The highest BCUT2D eigenvalue weighted by molar-refractivity contribution is 5.89. The van der Waals surface area contributed by atoms with Crippen LogP contribution >= 0.6 is 12.4 Å². The summed E-state index contributed by atoms with van der Waals surface area (Å²) in [6.07, 6.45) is 4.07. The summed E-state index contributed by atoms with van der Waals surface area (Å²) in [5.74, 6) is -0.129. The average molecular weight is 318 g/mol. The van der Waals surface area contributed by atoms with Crippen LogP contribution in [0.25, 0.3) is 0 Å². The van der Waals surface area contributed by atoms with Gasteiger partial charge in [0.1, 0.15) is 0 Å². The topological polar surface area (TPSA) is 70.7 Å². The number of carbonyl (C=O) groups excluding carboxylic acids is 2. The van der Waals surface area contributed by atoms with Crippen LogP contribution in [0.2, 0.25) is 0 Å². The van der Waals surface area contributed by atoms with Gasteiger partial charge in [0, 0.05) is 32.8 Å². The first-order valence-electron chi connectivity index (χ1n) is 7.22. The number of hydrogen-bond donors (Lipinski definition) is 2. The summed E-state index contributed by atoms with van der Waals surface area (Å²) < 4.78 is 5.45. The fourth-order valence-electron chi connectivity index (χ4n) is 2.58. The van der Waals surface area contributed by atoms with Crippen molar-refractivity contribution in [3.8, 4) is 0 Å². The van der Waals surface area contributed by atoms with Gasteiger partial charge in [-0.25, -0.2) is 0 Å². The first-order valence-corrected chi connectivity index (χ1v) is 7.22. The molecule has 2 rings (SSSR count). The van der Waals surface area contributed by atoms with Gasteiger partial charge in [0.15, 0.2) is 0 Å². The zero-order valence-corrected chi connectivity index (χ0v) is 13.0. The molecule has 120 valence electrons. The van der Waals surface area contributed by atoms with Crippen LogP contribution in [0.15, 0.2) is 12.7 Å². The van der Waals surface area contributed by atoms with Crippen molar-refractivity contribution in [3.63, 3.8) is 0 Å². The average Bonchev–Trinajstić information content (AvgIpc) is 2.94. The lowest BCUT2D eigenvalue weighted by Gasteiger charge is -2.32. The molecule has 6 nitrogen and oxygen atoms in total. The van der Waals surface area contributed by atoms with E-state index in [0.717, 1.165) is 19.4 Å².